The van der Waals surface area contributed by atoms with Crippen LogP contribution in [0.25, 0.3) is 0 Å². The number of carbonyl (C=O) groups is 2. The van der Waals surface area contributed by atoms with E-state index in [1.54, 1.807) is 4.90 Å². The number of nitrogens with zero attached hydrogens (tertiary/aromatic N) is 2. The number of halogens is 3. The molecule has 2 fully saturated rings. The number of likely N-dealkylation sites (tertiary alicyclic amines) is 2. The van der Waals surface area contributed by atoms with Crippen LogP contribution >= 0.6 is 0 Å². The van der Waals surface area contributed by atoms with Crippen LogP contribution in [0.5, 0.6) is 0 Å². The summed E-state index contributed by atoms with van der Waals surface area (Å²) >= 11 is 0. The maximum atomic E-state index is 13.5. The van der Waals surface area contributed by atoms with E-state index in [9.17, 15) is 27.9 Å². The van der Waals surface area contributed by atoms with Crippen LogP contribution in [0.2, 0.25) is 0 Å². The molecule has 0 saturated carbocycles. The fourth-order valence-electron chi connectivity index (χ4n) is 3.94. The molecule has 2 saturated heterocycles. The van der Waals surface area contributed by atoms with Crippen LogP contribution in [0, 0.1) is 11.8 Å². The van der Waals surface area contributed by atoms with Gasteiger partial charge >= 0.3 is 12.1 Å². The SMILES string of the molecule is O=C(O)C1CCCN1C(=O)[C@@H]1CN(Cc2ccccc2)C[C@H]1C(F)(F)F. The van der Waals surface area contributed by atoms with E-state index in [1.807, 2.05) is 30.3 Å². The van der Waals surface area contributed by atoms with Gasteiger partial charge in [0.2, 0.25) is 5.91 Å². The number of hydrogen-bond acceptors (Lipinski definition) is 3. The van der Waals surface area contributed by atoms with Gasteiger partial charge < -0.3 is 10.0 Å². The summed E-state index contributed by atoms with van der Waals surface area (Å²) in [6.07, 6.45) is -3.71. The number of hydrogen-bond donors (Lipinski definition) is 1. The Hall–Kier alpha value is -2.09. The summed E-state index contributed by atoms with van der Waals surface area (Å²) in [5.41, 5.74) is 0.881. The van der Waals surface area contributed by atoms with E-state index in [1.165, 1.54) is 0 Å². The third-order valence-corrected chi connectivity index (χ3v) is 5.20. The first-order valence-electron chi connectivity index (χ1n) is 8.63. The zero-order valence-corrected chi connectivity index (χ0v) is 14.2. The number of aliphatic carboxylic acids is 1. The van der Waals surface area contributed by atoms with E-state index in [0.29, 0.717) is 13.0 Å². The topological polar surface area (TPSA) is 60.9 Å². The maximum Gasteiger partial charge on any atom is 0.393 e. The highest BCUT2D eigenvalue weighted by Crippen LogP contribution is 2.39. The van der Waals surface area contributed by atoms with Gasteiger partial charge in [-0.3, -0.25) is 9.69 Å². The zero-order chi connectivity index (χ0) is 18.9. The van der Waals surface area contributed by atoms with Gasteiger partial charge in [0.05, 0.1) is 11.8 Å². The quantitative estimate of drug-likeness (QED) is 0.884. The number of carboxylic acid groups (broad SMARTS) is 1. The molecule has 0 aliphatic carbocycles. The number of carbonyl (C=O) groups excluding carboxylic acids is 1. The van der Waals surface area contributed by atoms with Gasteiger partial charge in [-0.1, -0.05) is 30.3 Å². The van der Waals surface area contributed by atoms with Crippen molar-refractivity contribution in [2.75, 3.05) is 19.6 Å². The van der Waals surface area contributed by atoms with Crippen molar-refractivity contribution in [1.29, 1.82) is 0 Å². The Morgan fingerprint density at radius 1 is 1.15 bits per heavy atom. The number of rotatable bonds is 4. The molecule has 3 atom stereocenters. The normalized spacial score (nSPS) is 27.0. The molecule has 5 nitrogen and oxygen atoms in total. The molecule has 2 heterocycles. The molecule has 0 spiro atoms. The van der Waals surface area contributed by atoms with E-state index in [2.05, 4.69) is 0 Å². The molecule has 1 amide bonds. The average molecular weight is 370 g/mol. The van der Waals surface area contributed by atoms with E-state index in [0.717, 1.165) is 10.5 Å². The minimum atomic E-state index is -4.50. The van der Waals surface area contributed by atoms with Crippen LogP contribution in [-0.4, -0.2) is 58.6 Å². The van der Waals surface area contributed by atoms with Crippen LogP contribution in [-0.2, 0) is 16.1 Å². The minimum Gasteiger partial charge on any atom is -0.480 e. The summed E-state index contributed by atoms with van der Waals surface area (Å²) in [5, 5.41) is 9.22. The first-order valence-corrected chi connectivity index (χ1v) is 8.63. The van der Waals surface area contributed by atoms with E-state index >= 15 is 0 Å². The van der Waals surface area contributed by atoms with E-state index in [4.69, 9.17) is 0 Å². The smallest absolute Gasteiger partial charge is 0.393 e. The Morgan fingerprint density at radius 2 is 1.85 bits per heavy atom. The fraction of sp³-hybridized carbons (Fsp3) is 0.556. The molecular weight excluding hydrogens is 349 g/mol. The van der Waals surface area contributed by atoms with E-state index in [-0.39, 0.29) is 26.1 Å². The Labute approximate surface area is 149 Å². The molecule has 0 radical (unpaired) electrons. The molecule has 1 aromatic rings. The van der Waals surface area contributed by atoms with Gasteiger partial charge in [0.25, 0.3) is 0 Å². The summed E-state index contributed by atoms with van der Waals surface area (Å²) < 4.78 is 40.5. The van der Waals surface area contributed by atoms with Crippen LogP contribution in [0.1, 0.15) is 18.4 Å². The molecule has 8 heteroatoms. The highest BCUT2D eigenvalue weighted by Gasteiger charge is 2.54. The second-order valence-corrected chi connectivity index (χ2v) is 6.96. The van der Waals surface area contributed by atoms with Crippen molar-refractivity contribution < 1.29 is 27.9 Å². The number of carboxylic acids is 1. The van der Waals surface area contributed by atoms with Crippen LogP contribution in [0.4, 0.5) is 13.2 Å². The van der Waals surface area contributed by atoms with Gasteiger partial charge in [-0.25, -0.2) is 4.79 Å². The second kappa shape index (κ2) is 7.26. The van der Waals surface area contributed by atoms with Gasteiger partial charge in [-0.15, -0.1) is 0 Å². The lowest BCUT2D eigenvalue weighted by atomic mass is 9.93. The average Bonchev–Trinajstić information content (AvgIpc) is 3.21. The maximum absolute atomic E-state index is 13.5. The van der Waals surface area contributed by atoms with Crippen molar-refractivity contribution in [2.24, 2.45) is 11.8 Å². The molecule has 1 N–H and O–H groups in total. The number of alkyl halides is 3. The van der Waals surface area contributed by atoms with Gasteiger partial charge in [0.15, 0.2) is 0 Å². The Kier molecular flexibility index (Phi) is 5.22. The van der Waals surface area contributed by atoms with E-state index < -0.39 is 35.9 Å². The van der Waals surface area contributed by atoms with Gasteiger partial charge in [0.1, 0.15) is 6.04 Å². The Morgan fingerprint density at radius 3 is 2.46 bits per heavy atom. The highest BCUT2D eigenvalue weighted by atomic mass is 19.4. The van der Waals surface area contributed by atoms with Crippen LogP contribution in [0.3, 0.4) is 0 Å². The molecule has 2 aliphatic rings. The second-order valence-electron chi connectivity index (χ2n) is 6.96. The van der Waals surface area contributed by atoms with Crippen LogP contribution in [0.15, 0.2) is 30.3 Å². The summed E-state index contributed by atoms with van der Waals surface area (Å²) in [6, 6.07) is 8.11. The summed E-state index contributed by atoms with van der Waals surface area (Å²) in [5.74, 6) is -4.86. The predicted molar refractivity (Wildman–Crippen MR) is 87.1 cm³/mol. The lowest BCUT2D eigenvalue weighted by Gasteiger charge is -2.28. The first kappa shape index (κ1) is 18.7. The summed E-state index contributed by atoms with van der Waals surface area (Å²) in [7, 11) is 0. The summed E-state index contributed by atoms with van der Waals surface area (Å²) in [4.78, 5) is 26.8. The lowest BCUT2D eigenvalue weighted by Crippen LogP contribution is -2.47. The van der Waals surface area contributed by atoms with Crippen molar-refractivity contribution in [1.82, 2.24) is 9.80 Å². The number of amides is 1. The molecule has 26 heavy (non-hydrogen) atoms. The largest absolute Gasteiger partial charge is 0.480 e. The van der Waals surface area contributed by atoms with Crippen molar-refractivity contribution >= 4 is 11.9 Å². The van der Waals surface area contributed by atoms with Crippen molar-refractivity contribution in [3.63, 3.8) is 0 Å². The molecule has 3 rings (SSSR count). The fourth-order valence-corrected chi connectivity index (χ4v) is 3.94. The monoisotopic (exact) mass is 370 g/mol. The molecule has 1 unspecified atom stereocenters. The molecule has 2 aliphatic heterocycles. The first-order chi connectivity index (χ1) is 12.3. The van der Waals surface area contributed by atoms with Crippen LogP contribution < -0.4 is 0 Å². The van der Waals surface area contributed by atoms with Crippen molar-refractivity contribution in [3.8, 4) is 0 Å². The predicted octanol–water partition coefficient (Wildman–Crippen LogP) is 2.37. The standard InChI is InChI=1S/C18H21F3N2O3/c19-18(20,21)14-11-22(9-12-5-2-1-3-6-12)10-13(14)16(24)23-8-4-7-15(23)17(25)26/h1-3,5-6,13-15H,4,7-11H2,(H,25,26)/t13-,14-,15?/m1/s1. The minimum absolute atomic E-state index is 0.0132. The van der Waals surface area contributed by atoms with Gasteiger partial charge in [0, 0.05) is 26.2 Å². The molecule has 1 aromatic carbocycles. The molecule has 142 valence electrons. The molecular formula is C18H21F3N2O3. The number of benzene rings is 1. The Balaban J connectivity index is 1.77. The summed E-state index contributed by atoms with van der Waals surface area (Å²) in [6.45, 7) is 0.274. The molecule has 0 bridgehead atoms. The molecule has 0 aromatic heterocycles. The zero-order valence-electron chi connectivity index (χ0n) is 14.2. The third kappa shape index (κ3) is 3.85. The van der Waals surface area contributed by atoms with Crippen molar-refractivity contribution in [3.05, 3.63) is 35.9 Å². The van der Waals surface area contributed by atoms with Gasteiger partial charge in [-0.2, -0.15) is 13.2 Å². The van der Waals surface area contributed by atoms with Gasteiger partial charge in [-0.05, 0) is 18.4 Å². The Bertz CT molecular complexity index is 665. The third-order valence-electron chi connectivity index (χ3n) is 5.20. The highest BCUT2D eigenvalue weighted by molar-refractivity contribution is 5.86. The lowest BCUT2D eigenvalue weighted by molar-refractivity contribution is -0.186. The van der Waals surface area contributed by atoms with Crippen molar-refractivity contribution in [2.45, 2.75) is 31.6 Å².